The zero-order valence-electron chi connectivity index (χ0n) is 10.2. The molecule has 0 aromatic rings. The number of nitrogens with one attached hydrogen (secondary N) is 2. The lowest BCUT2D eigenvalue weighted by atomic mass is 10.1. The quantitative estimate of drug-likeness (QED) is 0.740. The molecule has 0 aromatic heterocycles. The van der Waals surface area contributed by atoms with Crippen molar-refractivity contribution in [1.29, 1.82) is 0 Å². The van der Waals surface area contributed by atoms with Crippen molar-refractivity contribution in [2.75, 3.05) is 26.3 Å². The van der Waals surface area contributed by atoms with E-state index >= 15 is 0 Å². The van der Waals surface area contributed by atoms with Crippen molar-refractivity contribution in [3.63, 3.8) is 0 Å². The summed E-state index contributed by atoms with van der Waals surface area (Å²) in [6, 6.07) is 0.553. The molecule has 0 aromatic carbocycles. The molecule has 14 heavy (non-hydrogen) atoms. The van der Waals surface area contributed by atoms with Crippen LogP contribution in [0.5, 0.6) is 0 Å². The van der Waals surface area contributed by atoms with Gasteiger partial charge in [0.05, 0.1) is 0 Å². The van der Waals surface area contributed by atoms with Crippen LogP contribution >= 0.6 is 0 Å². The van der Waals surface area contributed by atoms with Crippen LogP contribution in [0.4, 0.5) is 4.39 Å². The topological polar surface area (TPSA) is 24.1 Å². The molecule has 0 atom stereocenters. The Morgan fingerprint density at radius 1 is 1.14 bits per heavy atom. The van der Waals surface area contributed by atoms with Crippen LogP contribution < -0.4 is 10.6 Å². The Hall–Kier alpha value is -0.150. The number of alkyl halides is 1. The highest BCUT2D eigenvalue weighted by Gasteiger charge is 2.10. The third-order valence-corrected chi connectivity index (χ3v) is 1.87. The molecule has 88 valence electrons. The van der Waals surface area contributed by atoms with Gasteiger partial charge in [0, 0.05) is 12.6 Å². The third-order valence-electron chi connectivity index (χ3n) is 1.87. The Labute approximate surface area is 88.7 Å². The van der Waals surface area contributed by atoms with Gasteiger partial charge in [-0.3, -0.25) is 0 Å². The summed E-state index contributed by atoms with van der Waals surface area (Å²) in [7, 11) is 0. The first-order valence-corrected chi connectivity index (χ1v) is 5.93. The summed E-state index contributed by atoms with van der Waals surface area (Å²) in [5, 5.41) is 6.41. The van der Waals surface area contributed by atoms with Gasteiger partial charge >= 0.3 is 0 Å². The van der Waals surface area contributed by atoms with Gasteiger partial charge in [0.25, 0.3) is 0 Å². The van der Waals surface area contributed by atoms with E-state index in [4.69, 9.17) is 0 Å². The van der Waals surface area contributed by atoms with Crippen LogP contribution in [0.2, 0.25) is 0 Å². The highest BCUT2D eigenvalue weighted by atomic mass is 19.1. The summed E-state index contributed by atoms with van der Waals surface area (Å²) < 4.78 is 11.7. The number of piperidine rings is 1. The van der Waals surface area contributed by atoms with Crippen molar-refractivity contribution in [2.45, 2.75) is 46.6 Å². The SMILES string of the molecule is CC.CC.FCCNC1CCNCC1. The molecule has 0 unspecified atom stereocenters. The summed E-state index contributed by atoms with van der Waals surface area (Å²) in [4.78, 5) is 0. The lowest BCUT2D eigenvalue weighted by Gasteiger charge is -2.22. The molecule has 2 N–H and O–H groups in total. The second-order valence-corrected chi connectivity index (χ2v) is 2.67. The first-order chi connectivity index (χ1) is 6.93. The zero-order valence-corrected chi connectivity index (χ0v) is 10.2. The Kier molecular flexibility index (Phi) is 17.8. The highest BCUT2D eigenvalue weighted by Crippen LogP contribution is 2.00. The fraction of sp³-hybridized carbons (Fsp3) is 1.00. The molecule has 1 rings (SSSR count). The Balaban J connectivity index is 0. The largest absolute Gasteiger partial charge is 0.317 e. The Bertz CT molecular complexity index is 83.4. The van der Waals surface area contributed by atoms with Gasteiger partial charge in [-0.1, -0.05) is 27.7 Å². The van der Waals surface area contributed by atoms with Gasteiger partial charge in [0.1, 0.15) is 6.67 Å². The lowest BCUT2D eigenvalue weighted by molar-refractivity contribution is 0.364. The summed E-state index contributed by atoms with van der Waals surface area (Å²) in [6.45, 7) is 10.4. The van der Waals surface area contributed by atoms with Crippen molar-refractivity contribution >= 4 is 0 Å². The van der Waals surface area contributed by atoms with E-state index in [0.717, 1.165) is 25.9 Å². The molecule has 1 saturated heterocycles. The van der Waals surface area contributed by atoms with Crippen LogP contribution in [-0.2, 0) is 0 Å². The molecule has 0 saturated carbocycles. The Morgan fingerprint density at radius 3 is 2.07 bits per heavy atom. The summed E-state index contributed by atoms with van der Waals surface area (Å²) in [5.41, 5.74) is 0. The van der Waals surface area contributed by atoms with Crippen molar-refractivity contribution in [1.82, 2.24) is 10.6 Å². The molecule has 0 radical (unpaired) electrons. The van der Waals surface area contributed by atoms with Crippen LogP contribution in [0.25, 0.3) is 0 Å². The van der Waals surface area contributed by atoms with E-state index in [1.807, 2.05) is 27.7 Å². The molecule has 1 fully saturated rings. The minimum absolute atomic E-state index is 0.246. The molecular weight excluding hydrogens is 179 g/mol. The maximum Gasteiger partial charge on any atom is 0.102 e. The maximum absolute atomic E-state index is 11.7. The average Bonchev–Trinajstić information content (AvgIpc) is 2.33. The van der Waals surface area contributed by atoms with Crippen LogP contribution in [0.3, 0.4) is 0 Å². The zero-order chi connectivity index (χ0) is 11.2. The number of rotatable bonds is 3. The molecule has 0 amide bonds. The minimum Gasteiger partial charge on any atom is -0.317 e. The fourth-order valence-electron chi connectivity index (χ4n) is 1.28. The molecule has 0 aliphatic carbocycles. The fourth-order valence-corrected chi connectivity index (χ4v) is 1.28. The highest BCUT2D eigenvalue weighted by molar-refractivity contribution is 4.73. The molecule has 1 heterocycles. The molecule has 2 nitrogen and oxygen atoms in total. The summed E-state index contributed by atoms with van der Waals surface area (Å²) in [5.74, 6) is 0. The van der Waals surface area contributed by atoms with E-state index in [2.05, 4.69) is 10.6 Å². The standard InChI is InChI=1S/C7H15FN2.2C2H6/c8-3-6-10-7-1-4-9-5-2-7;2*1-2/h7,9-10H,1-6H2;2*1-2H3. The number of hydrogen-bond donors (Lipinski definition) is 2. The molecular formula is C11H27FN2. The molecule has 0 bridgehead atoms. The van der Waals surface area contributed by atoms with E-state index in [1.165, 1.54) is 0 Å². The van der Waals surface area contributed by atoms with Crippen molar-refractivity contribution in [3.05, 3.63) is 0 Å². The third kappa shape index (κ3) is 9.93. The first-order valence-electron chi connectivity index (χ1n) is 5.93. The normalized spacial score (nSPS) is 16.1. The van der Waals surface area contributed by atoms with Gasteiger partial charge in [0.2, 0.25) is 0 Å². The molecule has 3 heteroatoms. The van der Waals surface area contributed by atoms with Crippen LogP contribution in [0.15, 0.2) is 0 Å². The lowest BCUT2D eigenvalue weighted by Crippen LogP contribution is -2.40. The number of halogens is 1. The van der Waals surface area contributed by atoms with E-state index in [-0.39, 0.29) is 6.67 Å². The van der Waals surface area contributed by atoms with E-state index < -0.39 is 0 Å². The maximum atomic E-state index is 11.7. The first kappa shape index (κ1) is 16.3. The van der Waals surface area contributed by atoms with Crippen LogP contribution in [0.1, 0.15) is 40.5 Å². The summed E-state index contributed by atoms with van der Waals surface area (Å²) in [6.07, 6.45) is 2.28. The van der Waals surface area contributed by atoms with Crippen LogP contribution in [0, 0.1) is 0 Å². The molecule has 0 spiro atoms. The minimum atomic E-state index is -0.246. The van der Waals surface area contributed by atoms with Crippen molar-refractivity contribution in [3.8, 4) is 0 Å². The predicted molar refractivity (Wildman–Crippen MR) is 62.6 cm³/mol. The van der Waals surface area contributed by atoms with Gasteiger partial charge in [-0.15, -0.1) is 0 Å². The molecule has 1 aliphatic heterocycles. The predicted octanol–water partition coefficient (Wildman–Crippen LogP) is 2.35. The van der Waals surface area contributed by atoms with E-state index in [1.54, 1.807) is 0 Å². The Morgan fingerprint density at radius 2 is 1.64 bits per heavy atom. The van der Waals surface area contributed by atoms with Gasteiger partial charge in [-0.05, 0) is 25.9 Å². The van der Waals surface area contributed by atoms with Gasteiger partial charge < -0.3 is 10.6 Å². The second-order valence-electron chi connectivity index (χ2n) is 2.67. The molecule has 1 aliphatic rings. The van der Waals surface area contributed by atoms with Crippen molar-refractivity contribution < 1.29 is 4.39 Å². The monoisotopic (exact) mass is 206 g/mol. The van der Waals surface area contributed by atoms with Gasteiger partial charge in [0.15, 0.2) is 0 Å². The van der Waals surface area contributed by atoms with Gasteiger partial charge in [-0.2, -0.15) is 0 Å². The van der Waals surface area contributed by atoms with E-state index in [9.17, 15) is 4.39 Å². The van der Waals surface area contributed by atoms with Gasteiger partial charge in [-0.25, -0.2) is 4.39 Å². The summed E-state index contributed by atoms with van der Waals surface area (Å²) >= 11 is 0. The average molecular weight is 206 g/mol. The second kappa shape index (κ2) is 15.3. The number of hydrogen-bond acceptors (Lipinski definition) is 2. The smallest absolute Gasteiger partial charge is 0.102 e. The van der Waals surface area contributed by atoms with Crippen molar-refractivity contribution in [2.24, 2.45) is 0 Å². The van der Waals surface area contributed by atoms with E-state index in [0.29, 0.717) is 12.6 Å². The van der Waals surface area contributed by atoms with Crippen LogP contribution in [-0.4, -0.2) is 32.4 Å².